The molecule has 0 atom stereocenters. The van der Waals surface area contributed by atoms with E-state index in [1.807, 2.05) is 19.9 Å². The molecule has 8 heteroatoms. The van der Waals surface area contributed by atoms with Crippen LogP contribution in [0.1, 0.15) is 36.2 Å². The Hall–Kier alpha value is -3.05. The summed E-state index contributed by atoms with van der Waals surface area (Å²) in [5.74, 6) is -0.174. The van der Waals surface area contributed by atoms with Gasteiger partial charge in [-0.25, -0.2) is 4.79 Å². The maximum Gasteiger partial charge on any atom is 0.338 e. The predicted octanol–water partition coefficient (Wildman–Crippen LogP) is 3.60. The zero-order chi connectivity index (χ0) is 19.6. The molecule has 0 bridgehead atoms. The normalized spacial score (nSPS) is 9.96. The number of esters is 1. The number of rotatable bonds is 9. The monoisotopic (exact) mass is 388 g/mol. The van der Waals surface area contributed by atoms with Crippen LogP contribution in [0.15, 0.2) is 29.6 Å². The molecule has 7 nitrogen and oxygen atoms in total. The number of carbonyl (C=O) groups is 2. The minimum Gasteiger partial charge on any atom is -0.490 e. The van der Waals surface area contributed by atoms with Crippen molar-refractivity contribution >= 4 is 28.2 Å². The average Bonchev–Trinajstić information content (AvgIpc) is 3.12. The van der Waals surface area contributed by atoms with Crippen molar-refractivity contribution in [3.05, 3.63) is 40.8 Å². The minimum atomic E-state index is -0.653. The molecule has 1 N–H and O–H groups in total. The topological polar surface area (TPSA) is 97.6 Å². The van der Waals surface area contributed by atoms with Crippen molar-refractivity contribution in [2.45, 2.75) is 20.3 Å². The second-order valence-corrected chi connectivity index (χ2v) is 6.26. The van der Waals surface area contributed by atoms with Crippen LogP contribution in [0.2, 0.25) is 0 Å². The molecule has 1 amide bonds. The van der Waals surface area contributed by atoms with Gasteiger partial charge in [-0.3, -0.25) is 4.79 Å². The first-order valence-electron chi connectivity index (χ1n) is 8.43. The highest BCUT2D eigenvalue weighted by Gasteiger charge is 2.15. The van der Waals surface area contributed by atoms with Gasteiger partial charge in [-0.1, -0.05) is 6.92 Å². The Morgan fingerprint density at radius 1 is 1.19 bits per heavy atom. The quantitative estimate of drug-likeness (QED) is 0.659. The number of amides is 1. The molecule has 0 aliphatic carbocycles. The third kappa shape index (κ3) is 5.72. The van der Waals surface area contributed by atoms with E-state index in [9.17, 15) is 9.59 Å². The number of thiophene rings is 1. The Balaban J connectivity index is 1.97. The van der Waals surface area contributed by atoms with Gasteiger partial charge in [-0.05, 0) is 43.0 Å². The SMILES string of the molecule is CCCOc1ccc(C(=O)OCC(=O)Nc2sccc2C#N)cc1OCC. The number of anilines is 1. The van der Waals surface area contributed by atoms with E-state index < -0.39 is 18.5 Å². The van der Waals surface area contributed by atoms with Crippen LogP contribution in [-0.4, -0.2) is 31.7 Å². The zero-order valence-corrected chi connectivity index (χ0v) is 15.9. The number of carbonyl (C=O) groups excluding carboxylic acids is 2. The lowest BCUT2D eigenvalue weighted by Crippen LogP contribution is -2.20. The molecule has 0 radical (unpaired) electrons. The molecular weight excluding hydrogens is 368 g/mol. The lowest BCUT2D eigenvalue weighted by molar-refractivity contribution is -0.119. The van der Waals surface area contributed by atoms with E-state index in [0.29, 0.717) is 35.3 Å². The zero-order valence-electron chi connectivity index (χ0n) is 15.1. The summed E-state index contributed by atoms with van der Waals surface area (Å²) in [6.45, 7) is 4.33. The highest BCUT2D eigenvalue weighted by molar-refractivity contribution is 7.14. The number of hydrogen-bond acceptors (Lipinski definition) is 7. The molecule has 0 saturated carbocycles. The minimum absolute atomic E-state index is 0.254. The van der Waals surface area contributed by atoms with Gasteiger partial charge in [0.05, 0.1) is 24.3 Å². The van der Waals surface area contributed by atoms with Gasteiger partial charge < -0.3 is 19.5 Å². The number of nitriles is 1. The van der Waals surface area contributed by atoms with Gasteiger partial charge in [0.25, 0.3) is 5.91 Å². The Kier molecular flexibility index (Phi) is 7.64. The summed E-state index contributed by atoms with van der Waals surface area (Å²) < 4.78 is 16.1. The second kappa shape index (κ2) is 10.2. The smallest absolute Gasteiger partial charge is 0.338 e. The van der Waals surface area contributed by atoms with Crippen LogP contribution in [0.3, 0.4) is 0 Å². The van der Waals surface area contributed by atoms with Gasteiger partial charge in [0, 0.05) is 0 Å². The van der Waals surface area contributed by atoms with Gasteiger partial charge in [-0.2, -0.15) is 5.26 Å². The highest BCUT2D eigenvalue weighted by atomic mass is 32.1. The van der Waals surface area contributed by atoms with E-state index >= 15 is 0 Å². The second-order valence-electron chi connectivity index (χ2n) is 5.34. The van der Waals surface area contributed by atoms with Crippen LogP contribution in [0, 0.1) is 11.3 Å². The summed E-state index contributed by atoms with van der Waals surface area (Å²) in [5, 5.41) is 13.6. The fourth-order valence-corrected chi connectivity index (χ4v) is 2.86. The number of nitrogens with one attached hydrogen (secondary N) is 1. The first-order valence-corrected chi connectivity index (χ1v) is 9.31. The molecule has 1 heterocycles. The summed E-state index contributed by atoms with van der Waals surface area (Å²) in [6.07, 6.45) is 0.849. The molecule has 142 valence electrons. The lowest BCUT2D eigenvalue weighted by Gasteiger charge is -2.12. The molecule has 0 aliphatic rings. The van der Waals surface area contributed by atoms with Crippen molar-refractivity contribution in [2.75, 3.05) is 25.1 Å². The summed E-state index contributed by atoms with van der Waals surface area (Å²) in [7, 11) is 0. The molecule has 2 aromatic rings. The van der Waals surface area contributed by atoms with E-state index in [1.54, 1.807) is 23.6 Å². The third-order valence-electron chi connectivity index (χ3n) is 3.31. The lowest BCUT2D eigenvalue weighted by atomic mass is 10.2. The molecular formula is C19H20N2O5S. The molecule has 0 saturated heterocycles. The van der Waals surface area contributed by atoms with Crippen LogP contribution >= 0.6 is 11.3 Å². The van der Waals surface area contributed by atoms with E-state index in [4.69, 9.17) is 19.5 Å². The van der Waals surface area contributed by atoms with Gasteiger partial charge in [0.1, 0.15) is 11.1 Å². The maximum atomic E-state index is 12.2. The van der Waals surface area contributed by atoms with Gasteiger partial charge in [0.15, 0.2) is 18.1 Å². The van der Waals surface area contributed by atoms with E-state index in [2.05, 4.69) is 5.32 Å². The highest BCUT2D eigenvalue weighted by Crippen LogP contribution is 2.29. The van der Waals surface area contributed by atoms with Crippen molar-refractivity contribution in [1.82, 2.24) is 0 Å². The summed E-state index contributed by atoms with van der Waals surface area (Å²) in [6, 6.07) is 8.30. The van der Waals surface area contributed by atoms with Gasteiger partial charge in [0.2, 0.25) is 0 Å². The van der Waals surface area contributed by atoms with Gasteiger partial charge >= 0.3 is 5.97 Å². The predicted molar refractivity (Wildman–Crippen MR) is 101 cm³/mol. The van der Waals surface area contributed by atoms with E-state index in [-0.39, 0.29) is 5.56 Å². The number of nitrogens with zero attached hydrogens (tertiary/aromatic N) is 1. The molecule has 0 unspecified atom stereocenters. The fraction of sp³-hybridized carbons (Fsp3) is 0.316. The van der Waals surface area contributed by atoms with Crippen LogP contribution in [-0.2, 0) is 9.53 Å². The molecule has 0 aliphatic heterocycles. The Bertz CT molecular complexity index is 841. The molecule has 0 fully saturated rings. The summed E-state index contributed by atoms with van der Waals surface area (Å²) in [4.78, 5) is 24.1. The number of ether oxygens (including phenoxy) is 3. The number of hydrogen-bond donors (Lipinski definition) is 1. The van der Waals surface area contributed by atoms with Crippen molar-refractivity contribution in [1.29, 1.82) is 5.26 Å². The molecule has 1 aromatic heterocycles. The molecule has 27 heavy (non-hydrogen) atoms. The Morgan fingerprint density at radius 3 is 2.70 bits per heavy atom. The first-order chi connectivity index (χ1) is 13.1. The van der Waals surface area contributed by atoms with Crippen LogP contribution in [0.4, 0.5) is 5.00 Å². The van der Waals surface area contributed by atoms with Gasteiger partial charge in [-0.15, -0.1) is 11.3 Å². The Labute approximate surface area is 161 Å². The molecule has 2 rings (SSSR count). The van der Waals surface area contributed by atoms with Crippen LogP contribution in [0.5, 0.6) is 11.5 Å². The maximum absolute atomic E-state index is 12.2. The Morgan fingerprint density at radius 2 is 2.00 bits per heavy atom. The summed E-state index contributed by atoms with van der Waals surface area (Å²) in [5.41, 5.74) is 0.618. The van der Waals surface area contributed by atoms with Crippen LogP contribution < -0.4 is 14.8 Å². The fourth-order valence-electron chi connectivity index (χ4n) is 2.11. The summed E-state index contributed by atoms with van der Waals surface area (Å²) >= 11 is 1.22. The van der Waals surface area contributed by atoms with E-state index in [1.165, 1.54) is 17.4 Å². The largest absolute Gasteiger partial charge is 0.490 e. The van der Waals surface area contributed by atoms with Crippen molar-refractivity contribution in [3.63, 3.8) is 0 Å². The third-order valence-corrected chi connectivity index (χ3v) is 4.14. The number of benzene rings is 1. The van der Waals surface area contributed by atoms with Crippen molar-refractivity contribution < 1.29 is 23.8 Å². The van der Waals surface area contributed by atoms with Crippen molar-refractivity contribution in [2.24, 2.45) is 0 Å². The average molecular weight is 388 g/mol. The molecule has 1 aromatic carbocycles. The molecule has 0 spiro atoms. The van der Waals surface area contributed by atoms with Crippen LogP contribution in [0.25, 0.3) is 0 Å². The first kappa shape index (κ1) is 20.3. The van der Waals surface area contributed by atoms with Crippen molar-refractivity contribution in [3.8, 4) is 17.6 Å². The van der Waals surface area contributed by atoms with E-state index in [0.717, 1.165) is 6.42 Å². The standard InChI is InChI=1S/C19H20N2O5S/c1-3-8-25-15-6-5-13(10-16(15)24-4-2)19(23)26-12-17(22)21-18-14(11-20)7-9-27-18/h5-7,9-10H,3-4,8,12H2,1-2H3,(H,21,22).